The second kappa shape index (κ2) is 6.34. The Hall–Kier alpha value is -2.40. The SMILES string of the molecule is CCSc1ccc2c(c1)N(c1ncc(-c3cc(C)ccn3)cn1)CC21CC1. The van der Waals surface area contributed by atoms with Gasteiger partial charge in [0.1, 0.15) is 0 Å². The van der Waals surface area contributed by atoms with E-state index in [0.29, 0.717) is 5.41 Å². The monoisotopic (exact) mass is 374 g/mol. The average molecular weight is 375 g/mol. The zero-order valence-corrected chi connectivity index (χ0v) is 16.5. The van der Waals surface area contributed by atoms with Gasteiger partial charge in [0.15, 0.2) is 0 Å². The van der Waals surface area contributed by atoms with Crippen LogP contribution in [0, 0.1) is 6.92 Å². The van der Waals surface area contributed by atoms with Crippen LogP contribution >= 0.6 is 11.8 Å². The van der Waals surface area contributed by atoms with E-state index in [-0.39, 0.29) is 0 Å². The fourth-order valence-corrected chi connectivity index (χ4v) is 4.65. The van der Waals surface area contributed by atoms with Gasteiger partial charge in [-0.25, -0.2) is 9.97 Å². The van der Waals surface area contributed by atoms with Crippen molar-refractivity contribution in [3.8, 4) is 11.3 Å². The summed E-state index contributed by atoms with van der Waals surface area (Å²) in [4.78, 5) is 17.5. The first-order valence-corrected chi connectivity index (χ1v) is 10.5. The van der Waals surface area contributed by atoms with E-state index in [4.69, 9.17) is 9.97 Å². The van der Waals surface area contributed by atoms with Crippen molar-refractivity contribution in [2.24, 2.45) is 0 Å². The molecular weight excluding hydrogens is 352 g/mol. The Labute approximate surface area is 164 Å². The van der Waals surface area contributed by atoms with E-state index >= 15 is 0 Å². The van der Waals surface area contributed by atoms with Gasteiger partial charge in [0.05, 0.1) is 5.69 Å². The van der Waals surface area contributed by atoms with Crippen LogP contribution < -0.4 is 4.90 Å². The molecule has 1 spiro atoms. The number of rotatable bonds is 4. The van der Waals surface area contributed by atoms with Crippen LogP contribution in [0.1, 0.15) is 30.9 Å². The van der Waals surface area contributed by atoms with Gasteiger partial charge >= 0.3 is 0 Å². The lowest BCUT2D eigenvalue weighted by molar-refractivity contribution is 0.735. The van der Waals surface area contributed by atoms with Crippen LogP contribution in [-0.2, 0) is 5.41 Å². The van der Waals surface area contributed by atoms with Crippen LogP contribution in [0.5, 0.6) is 0 Å². The maximum atomic E-state index is 4.70. The molecule has 3 heterocycles. The first-order valence-electron chi connectivity index (χ1n) is 9.48. The van der Waals surface area contributed by atoms with Crippen molar-refractivity contribution in [1.29, 1.82) is 0 Å². The standard InChI is InChI=1S/C22H22N4S/c1-3-27-17-4-5-18-20(11-17)26(14-22(18)7-8-22)21-24-12-16(13-25-21)19-10-15(2)6-9-23-19/h4-6,9-13H,3,7-8,14H2,1-2H3. The molecule has 0 N–H and O–H groups in total. The maximum Gasteiger partial charge on any atom is 0.229 e. The minimum atomic E-state index is 0.324. The molecular formula is C22H22N4S. The molecule has 2 aromatic heterocycles. The summed E-state index contributed by atoms with van der Waals surface area (Å²) in [6, 6.07) is 11.0. The van der Waals surface area contributed by atoms with E-state index in [2.05, 4.69) is 48.0 Å². The summed E-state index contributed by atoms with van der Waals surface area (Å²) in [5.41, 5.74) is 6.14. The lowest BCUT2D eigenvalue weighted by atomic mass is 9.99. The lowest BCUT2D eigenvalue weighted by Gasteiger charge is -2.18. The number of nitrogens with zero attached hydrogens (tertiary/aromatic N) is 4. The van der Waals surface area contributed by atoms with Gasteiger partial charge in [-0.05, 0) is 60.9 Å². The third-order valence-corrected chi connectivity index (χ3v) is 6.42. The summed E-state index contributed by atoms with van der Waals surface area (Å²) < 4.78 is 0. The molecule has 0 atom stereocenters. The molecule has 0 bridgehead atoms. The number of hydrogen-bond donors (Lipinski definition) is 0. The van der Waals surface area contributed by atoms with Gasteiger partial charge < -0.3 is 4.90 Å². The van der Waals surface area contributed by atoms with Gasteiger partial charge in [0.2, 0.25) is 5.95 Å². The number of aryl methyl sites for hydroxylation is 1. The third kappa shape index (κ3) is 2.90. The van der Waals surface area contributed by atoms with E-state index in [1.165, 1.54) is 34.6 Å². The van der Waals surface area contributed by atoms with Crippen molar-refractivity contribution in [1.82, 2.24) is 15.0 Å². The number of fused-ring (bicyclic) bond motifs is 2. The fourth-order valence-electron chi connectivity index (χ4n) is 3.96. The molecule has 27 heavy (non-hydrogen) atoms. The van der Waals surface area contributed by atoms with Crippen LogP contribution in [0.2, 0.25) is 0 Å². The normalized spacial score (nSPS) is 16.6. The van der Waals surface area contributed by atoms with Gasteiger partial charge in [-0.1, -0.05) is 13.0 Å². The Morgan fingerprint density at radius 1 is 1.07 bits per heavy atom. The molecule has 1 saturated carbocycles. The van der Waals surface area contributed by atoms with Crippen LogP contribution in [0.25, 0.3) is 11.3 Å². The predicted octanol–water partition coefficient (Wildman–Crippen LogP) is 5.14. The Morgan fingerprint density at radius 2 is 1.89 bits per heavy atom. The summed E-state index contributed by atoms with van der Waals surface area (Å²) in [6.07, 6.45) is 8.15. The largest absolute Gasteiger partial charge is 0.309 e. The highest BCUT2D eigenvalue weighted by atomic mass is 32.2. The summed E-state index contributed by atoms with van der Waals surface area (Å²) in [5, 5.41) is 0. The van der Waals surface area contributed by atoms with Crippen LogP contribution in [0.4, 0.5) is 11.6 Å². The van der Waals surface area contributed by atoms with Gasteiger partial charge in [-0.2, -0.15) is 0 Å². The van der Waals surface area contributed by atoms with Crippen molar-refractivity contribution >= 4 is 23.4 Å². The van der Waals surface area contributed by atoms with E-state index in [1.54, 1.807) is 0 Å². The molecule has 0 radical (unpaired) electrons. The molecule has 5 heteroatoms. The second-order valence-electron chi connectivity index (χ2n) is 7.47. The first kappa shape index (κ1) is 16.8. The van der Waals surface area contributed by atoms with Crippen molar-refractivity contribution in [3.05, 3.63) is 60.0 Å². The molecule has 1 aromatic carbocycles. The molecule has 3 aromatic rings. The van der Waals surface area contributed by atoms with Crippen molar-refractivity contribution in [2.45, 2.75) is 37.0 Å². The Kier molecular flexibility index (Phi) is 3.93. The quantitative estimate of drug-likeness (QED) is 0.591. The number of anilines is 2. The molecule has 4 nitrogen and oxygen atoms in total. The van der Waals surface area contributed by atoms with E-state index < -0.39 is 0 Å². The zero-order valence-electron chi connectivity index (χ0n) is 15.6. The molecule has 1 aliphatic heterocycles. The van der Waals surface area contributed by atoms with E-state index in [0.717, 1.165) is 29.5 Å². The number of benzene rings is 1. The molecule has 0 amide bonds. The second-order valence-corrected chi connectivity index (χ2v) is 8.81. The Morgan fingerprint density at radius 3 is 2.59 bits per heavy atom. The average Bonchev–Trinajstić information content (AvgIpc) is 3.40. The number of hydrogen-bond acceptors (Lipinski definition) is 5. The van der Waals surface area contributed by atoms with Crippen molar-refractivity contribution in [3.63, 3.8) is 0 Å². The summed E-state index contributed by atoms with van der Waals surface area (Å²) >= 11 is 1.88. The lowest BCUT2D eigenvalue weighted by Crippen LogP contribution is -2.21. The summed E-state index contributed by atoms with van der Waals surface area (Å²) in [6.45, 7) is 5.26. The van der Waals surface area contributed by atoms with Gasteiger partial charge in [-0.15, -0.1) is 11.8 Å². The number of pyridine rings is 1. The first-order chi connectivity index (χ1) is 13.2. The van der Waals surface area contributed by atoms with Gasteiger partial charge in [-0.3, -0.25) is 4.98 Å². The highest BCUT2D eigenvalue weighted by molar-refractivity contribution is 7.99. The van der Waals surface area contributed by atoms with Gasteiger partial charge in [0.25, 0.3) is 0 Å². The van der Waals surface area contributed by atoms with Crippen LogP contribution in [0.3, 0.4) is 0 Å². The maximum absolute atomic E-state index is 4.70. The van der Waals surface area contributed by atoms with Crippen molar-refractivity contribution < 1.29 is 0 Å². The molecule has 2 aliphatic rings. The smallest absolute Gasteiger partial charge is 0.229 e. The Bertz CT molecular complexity index is 995. The zero-order chi connectivity index (χ0) is 18.4. The van der Waals surface area contributed by atoms with Crippen LogP contribution in [-0.4, -0.2) is 27.2 Å². The molecule has 1 fully saturated rings. The Balaban J connectivity index is 1.50. The molecule has 0 unspecified atom stereocenters. The molecule has 136 valence electrons. The summed E-state index contributed by atoms with van der Waals surface area (Å²) in [7, 11) is 0. The minimum absolute atomic E-state index is 0.324. The highest BCUT2D eigenvalue weighted by Crippen LogP contribution is 2.58. The number of aromatic nitrogens is 3. The highest BCUT2D eigenvalue weighted by Gasteiger charge is 2.52. The third-order valence-electron chi connectivity index (χ3n) is 5.55. The fraction of sp³-hybridized carbons (Fsp3) is 0.318. The minimum Gasteiger partial charge on any atom is -0.309 e. The summed E-state index contributed by atoms with van der Waals surface area (Å²) in [5.74, 6) is 1.87. The molecule has 0 saturated heterocycles. The van der Waals surface area contributed by atoms with Crippen LogP contribution in [0.15, 0.2) is 53.8 Å². The van der Waals surface area contributed by atoms with Gasteiger partial charge in [0, 0.05) is 46.7 Å². The topological polar surface area (TPSA) is 41.9 Å². The van der Waals surface area contributed by atoms with E-state index in [1.807, 2.05) is 36.4 Å². The predicted molar refractivity (Wildman–Crippen MR) is 111 cm³/mol. The molecule has 5 rings (SSSR count). The molecule has 1 aliphatic carbocycles. The number of thioether (sulfide) groups is 1. The van der Waals surface area contributed by atoms with E-state index in [9.17, 15) is 0 Å². The van der Waals surface area contributed by atoms with Crippen molar-refractivity contribution in [2.75, 3.05) is 17.2 Å².